The smallest absolute Gasteiger partial charge is 0.417 e. The first-order valence-corrected chi connectivity index (χ1v) is 12.2. The highest BCUT2D eigenvalue weighted by Crippen LogP contribution is 2.39. The van der Waals surface area contributed by atoms with Gasteiger partial charge in [-0.05, 0) is 65.1 Å². The van der Waals surface area contributed by atoms with Crippen molar-refractivity contribution in [2.24, 2.45) is 0 Å². The normalized spacial score (nSPS) is 18.4. The predicted octanol–water partition coefficient (Wildman–Crippen LogP) is 4.11. The summed E-state index contributed by atoms with van der Waals surface area (Å²) in [5.74, 6) is -0.405. The fraction of sp³-hybridized carbons (Fsp3) is 0.538. The Kier molecular flexibility index (Phi) is 7.17. The molecular formula is C26H33FN4O5. The summed E-state index contributed by atoms with van der Waals surface area (Å²) in [6.07, 6.45) is 3.81. The number of benzene rings is 1. The fourth-order valence-electron chi connectivity index (χ4n) is 5.17. The minimum Gasteiger partial charge on any atom is -0.472 e. The van der Waals surface area contributed by atoms with Crippen LogP contribution in [0.25, 0.3) is 0 Å². The van der Waals surface area contributed by atoms with Crippen LogP contribution in [0.1, 0.15) is 68.1 Å². The molecule has 3 aliphatic heterocycles. The molecule has 10 heteroatoms. The zero-order chi connectivity index (χ0) is 24.6. The van der Waals surface area contributed by atoms with Crippen LogP contribution < -0.4 is 9.47 Å². The van der Waals surface area contributed by atoms with Crippen LogP contribution in [0.15, 0.2) is 30.3 Å². The van der Waals surface area contributed by atoms with Crippen molar-refractivity contribution < 1.29 is 28.5 Å². The van der Waals surface area contributed by atoms with E-state index in [1.165, 1.54) is 12.8 Å². The van der Waals surface area contributed by atoms with E-state index in [1.807, 2.05) is 30.3 Å². The van der Waals surface area contributed by atoms with E-state index < -0.39 is 17.6 Å². The Hall–Kier alpha value is -3.27. The van der Waals surface area contributed by atoms with E-state index in [1.54, 1.807) is 20.8 Å². The highest BCUT2D eigenvalue weighted by atomic mass is 19.0. The maximum absolute atomic E-state index is 13.2. The molecule has 2 saturated heterocycles. The number of hydrogen-bond donors (Lipinski definition) is 0. The molecule has 0 bridgehead atoms. The number of hydrogen-bond acceptors (Lipinski definition) is 8. The van der Waals surface area contributed by atoms with Gasteiger partial charge in [0.1, 0.15) is 24.4 Å². The second kappa shape index (κ2) is 10.0. The SMILES string of the molecule is CC(C)(C)OC(=O)N1Cc2nc(OCC34CCCN3CCC4)nc(OCc3ccccc3)c2C1=O.F. The number of imide groups is 1. The van der Waals surface area contributed by atoms with E-state index in [2.05, 4.69) is 14.9 Å². The molecule has 5 rings (SSSR count). The standard InChI is InChI=1S/C26H32N4O5.FH/c1-25(2,3)35-24(32)30-15-19-20(22(30)31)21(33-16-18-9-5-4-6-10-18)28-23(27-19)34-17-26-11-7-13-29(26)14-8-12-26;/h4-6,9-10H,7-8,11-17H2,1-3H3;1H. The maximum Gasteiger partial charge on any atom is 0.417 e. The number of amides is 2. The first-order valence-electron chi connectivity index (χ1n) is 12.2. The summed E-state index contributed by atoms with van der Waals surface area (Å²) >= 11 is 0. The molecule has 194 valence electrons. The molecule has 0 N–H and O–H groups in total. The Labute approximate surface area is 210 Å². The summed E-state index contributed by atoms with van der Waals surface area (Å²) in [5.41, 5.74) is 0.822. The van der Waals surface area contributed by atoms with Gasteiger partial charge in [0.2, 0.25) is 5.88 Å². The third kappa shape index (κ3) is 5.13. The van der Waals surface area contributed by atoms with Crippen molar-refractivity contribution >= 4 is 12.0 Å². The molecule has 1 aromatic heterocycles. The molecule has 0 aliphatic carbocycles. The molecular weight excluding hydrogens is 467 g/mol. The van der Waals surface area contributed by atoms with Gasteiger partial charge in [-0.3, -0.25) is 14.4 Å². The second-order valence-corrected chi connectivity index (χ2v) is 10.5. The number of nitrogens with zero attached hydrogens (tertiary/aromatic N) is 4. The molecule has 2 fully saturated rings. The number of rotatable bonds is 6. The number of carbonyl (C=O) groups is 2. The summed E-state index contributed by atoms with van der Waals surface area (Å²) < 4.78 is 17.5. The molecule has 0 saturated carbocycles. The van der Waals surface area contributed by atoms with Crippen molar-refractivity contribution in [1.82, 2.24) is 19.8 Å². The first kappa shape index (κ1) is 25.8. The van der Waals surface area contributed by atoms with E-state index in [-0.39, 0.29) is 40.8 Å². The van der Waals surface area contributed by atoms with E-state index >= 15 is 0 Å². The van der Waals surface area contributed by atoms with Crippen molar-refractivity contribution in [2.45, 2.75) is 70.7 Å². The lowest BCUT2D eigenvalue weighted by molar-refractivity contribution is 0.0246. The third-order valence-electron chi connectivity index (χ3n) is 6.81. The number of ether oxygens (including phenoxy) is 3. The van der Waals surface area contributed by atoms with Crippen molar-refractivity contribution in [3.63, 3.8) is 0 Å². The van der Waals surface area contributed by atoms with Gasteiger partial charge in [0.05, 0.1) is 17.8 Å². The van der Waals surface area contributed by atoms with Gasteiger partial charge in [-0.2, -0.15) is 9.97 Å². The molecule has 9 nitrogen and oxygen atoms in total. The summed E-state index contributed by atoms with van der Waals surface area (Å²) in [6, 6.07) is 9.79. The van der Waals surface area contributed by atoms with Gasteiger partial charge < -0.3 is 14.2 Å². The van der Waals surface area contributed by atoms with Gasteiger partial charge in [0.25, 0.3) is 5.91 Å². The summed E-state index contributed by atoms with van der Waals surface area (Å²) in [5, 5.41) is 0. The van der Waals surface area contributed by atoms with Gasteiger partial charge in [-0.1, -0.05) is 30.3 Å². The first-order chi connectivity index (χ1) is 16.7. The van der Waals surface area contributed by atoms with Crippen LogP contribution in [0.3, 0.4) is 0 Å². The Balaban J connectivity index is 0.00000304. The van der Waals surface area contributed by atoms with Crippen LogP contribution in [-0.2, 0) is 17.9 Å². The Morgan fingerprint density at radius 1 is 1.06 bits per heavy atom. The Morgan fingerprint density at radius 3 is 2.42 bits per heavy atom. The van der Waals surface area contributed by atoms with Crippen LogP contribution in [0.4, 0.5) is 9.50 Å². The highest BCUT2D eigenvalue weighted by molar-refractivity contribution is 6.07. The summed E-state index contributed by atoms with van der Waals surface area (Å²) in [7, 11) is 0. The number of carbonyl (C=O) groups excluding carboxylic acids is 2. The van der Waals surface area contributed by atoms with Crippen LogP contribution >= 0.6 is 0 Å². The average Bonchev–Trinajstić information content (AvgIpc) is 3.48. The molecule has 36 heavy (non-hydrogen) atoms. The number of halogens is 1. The Bertz CT molecular complexity index is 1110. The predicted molar refractivity (Wildman–Crippen MR) is 130 cm³/mol. The summed E-state index contributed by atoms with van der Waals surface area (Å²) in [6.45, 7) is 8.17. The fourth-order valence-corrected chi connectivity index (χ4v) is 5.17. The van der Waals surface area contributed by atoms with Crippen LogP contribution in [-0.4, -0.2) is 62.6 Å². The van der Waals surface area contributed by atoms with Gasteiger partial charge in [-0.15, -0.1) is 0 Å². The minimum atomic E-state index is -0.730. The molecule has 4 heterocycles. The summed E-state index contributed by atoms with van der Waals surface area (Å²) in [4.78, 5) is 38.4. The van der Waals surface area contributed by atoms with E-state index in [9.17, 15) is 9.59 Å². The van der Waals surface area contributed by atoms with E-state index in [0.29, 0.717) is 12.3 Å². The van der Waals surface area contributed by atoms with Gasteiger partial charge in [0.15, 0.2) is 0 Å². The maximum atomic E-state index is 13.2. The highest BCUT2D eigenvalue weighted by Gasteiger charge is 2.45. The molecule has 0 spiro atoms. The molecule has 2 aromatic rings. The molecule has 0 unspecified atom stereocenters. The number of fused-ring (bicyclic) bond motifs is 2. The number of aromatic nitrogens is 2. The molecule has 1 aromatic carbocycles. The van der Waals surface area contributed by atoms with Crippen molar-refractivity contribution in [3.8, 4) is 11.9 Å². The molecule has 3 aliphatic rings. The molecule has 2 amide bonds. The second-order valence-electron chi connectivity index (χ2n) is 10.5. The van der Waals surface area contributed by atoms with Gasteiger partial charge in [0, 0.05) is 0 Å². The lowest BCUT2D eigenvalue weighted by Crippen LogP contribution is -2.43. The van der Waals surface area contributed by atoms with Crippen LogP contribution in [0.5, 0.6) is 11.9 Å². The monoisotopic (exact) mass is 500 g/mol. The largest absolute Gasteiger partial charge is 0.472 e. The van der Waals surface area contributed by atoms with Gasteiger partial charge >= 0.3 is 12.1 Å². The van der Waals surface area contributed by atoms with Crippen LogP contribution in [0, 0.1) is 0 Å². The quantitative estimate of drug-likeness (QED) is 0.585. The lowest BCUT2D eigenvalue weighted by atomic mass is 9.95. The zero-order valence-corrected chi connectivity index (χ0v) is 21.0. The van der Waals surface area contributed by atoms with Crippen molar-refractivity contribution in [1.29, 1.82) is 0 Å². The minimum absolute atomic E-state index is 0. The molecule has 0 radical (unpaired) electrons. The van der Waals surface area contributed by atoms with Gasteiger partial charge in [-0.25, -0.2) is 9.69 Å². The van der Waals surface area contributed by atoms with E-state index in [4.69, 9.17) is 14.2 Å². The van der Waals surface area contributed by atoms with Crippen molar-refractivity contribution in [2.75, 3.05) is 19.7 Å². The third-order valence-corrected chi connectivity index (χ3v) is 6.81. The average molecular weight is 501 g/mol. The van der Waals surface area contributed by atoms with Crippen LogP contribution in [0.2, 0.25) is 0 Å². The lowest BCUT2D eigenvalue weighted by Gasteiger charge is -2.31. The zero-order valence-electron chi connectivity index (χ0n) is 21.0. The molecule has 0 atom stereocenters. The van der Waals surface area contributed by atoms with E-state index in [0.717, 1.165) is 36.4 Å². The van der Waals surface area contributed by atoms with Crippen molar-refractivity contribution in [3.05, 3.63) is 47.2 Å². The topological polar surface area (TPSA) is 94.1 Å². The Morgan fingerprint density at radius 2 is 1.75 bits per heavy atom.